The summed E-state index contributed by atoms with van der Waals surface area (Å²) in [5.41, 5.74) is 3.57. The van der Waals surface area contributed by atoms with E-state index in [0.29, 0.717) is 52.6 Å². The van der Waals surface area contributed by atoms with Crippen LogP contribution in [0.1, 0.15) is 42.4 Å². The fourth-order valence-corrected chi connectivity index (χ4v) is 8.99. The first-order chi connectivity index (χ1) is 23.3. The first-order valence-electron chi connectivity index (χ1n) is 17.5. The largest absolute Gasteiger partial charge is 0.508 e. The number of aromatic nitrogens is 2. The van der Waals surface area contributed by atoms with Crippen LogP contribution in [-0.4, -0.2) is 84.6 Å². The Labute approximate surface area is 280 Å². The van der Waals surface area contributed by atoms with E-state index in [1.54, 1.807) is 12.1 Å². The third-order valence-electron chi connectivity index (χ3n) is 11.7. The Balaban J connectivity index is 1.13. The lowest BCUT2D eigenvalue weighted by Crippen LogP contribution is -2.51. The van der Waals surface area contributed by atoms with E-state index in [1.165, 1.54) is 0 Å². The second kappa shape index (κ2) is 11.3. The van der Waals surface area contributed by atoms with E-state index in [-0.39, 0.29) is 22.7 Å². The molecule has 4 aliphatic heterocycles. The van der Waals surface area contributed by atoms with Gasteiger partial charge in [0.1, 0.15) is 17.1 Å². The number of phenolic OH excluding ortho intramolecular Hbond substituents is 1. The summed E-state index contributed by atoms with van der Waals surface area (Å²) >= 11 is 0. The molecule has 1 aliphatic carbocycles. The summed E-state index contributed by atoms with van der Waals surface area (Å²) in [6, 6.07) is 10.1. The van der Waals surface area contributed by atoms with Gasteiger partial charge in [-0.25, -0.2) is 4.39 Å². The number of phenols is 1. The molecule has 48 heavy (non-hydrogen) atoms. The van der Waals surface area contributed by atoms with Crippen molar-refractivity contribution < 1.29 is 19.0 Å². The molecule has 1 aromatic heterocycles. The fraction of sp³-hybridized carbons (Fsp3) is 0.487. The lowest BCUT2D eigenvalue weighted by atomic mass is 9.89. The SMILES string of the molecule is C#Cc1c(C)ccc2cc(O)cc(-c3c(C)cc4c(N5CC6CCC(C5)N6)nc(OCC5(CN6CC7COCC7C6)CC5)nc4c3F)c12. The maximum atomic E-state index is 17.2. The van der Waals surface area contributed by atoms with Crippen molar-refractivity contribution in [1.82, 2.24) is 20.2 Å². The number of hydrogen-bond acceptors (Lipinski definition) is 8. The zero-order valence-electron chi connectivity index (χ0n) is 27.7. The van der Waals surface area contributed by atoms with Crippen LogP contribution in [0.25, 0.3) is 32.8 Å². The Kier molecular flexibility index (Phi) is 7.09. The van der Waals surface area contributed by atoms with Gasteiger partial charge in [0, 0.05) is 84.0 Å². The fourth-order valence-electron chi connectivity index (χ4n) is 8.99. The van der Waals surface area contributed by atoms with Crippen LogP contribution in [-0.2, 0) is 4.74 Å². The zero-order valence-corrected chi connectivity index (χ0v) is 27.7. The van der Waals surface area contributed by atoms with E-state index in [4.69, 9.17) is 25.9 Å². The van der Waals surface area contributed by atoms with E-state index >= 15 is 4.39 Å². The highest BCUT2D eigenvalue weighted by molar-refractivity contribution is 6.05. The van der Waals surface area contributed by atoms with Gasteiger partial charge in [-0.05, 0) is 79.8 Å². The number of aryl methyl sites for hydroxylation is 2. The number of rotatable bonds is 7. The van der Waals surface area contributed by atoms with E-state index in [1.807, 2.05) is 32.0 Å². The Morgan fingerprint density at radius 3 is 2.50 bits per heavy atom. The normalized spacial score (nSPS) is 25.9. The van der Waals surface area contributed by atoms with Gasteiger partial charge in [-0.3, -0.25) is 0 Å². The van der Waals surface area contributed by atoms with E-state index in [2.05, 4.69) is 21.0 Å². The van der Waals surface area contributed by atoms with Crippen LogP contribution in [0, 0.1) is 49.3 Å². The minimum absolute atomic E-state index is 0.0517. The molecule has 1 saturated carbocycles. The van der Waals surface area contributed by atoms with E-state index in [9.17, 15) is 5.11 Å². The molecule has 2 bridgehead atoms. The number of anilines is 1. The van der Waals surface area contributed by atoms with Gasteiger partial charge in [0.2, 0.25) is 0 Å². The van der Waals surface area contributed by atoms with Gasteiger partial charge < -0.3 is 29.7 Å². The monoisotopic (exact) mass is 647 g/mol. The van der Waals surface area contributed by atoms with Crippen LogP contribution < -0.4 is 15.0 Å². The molecule has 2 N–H and O–H groups in total. The van der Waals surface area contributed by atoms with Gasteiger partial charge in [0.05, 0.1) is 19.8 Å². The number of fused-ring (bicyclic) bond motifs is 5. The second-order valence-electron chi connectivity index (χ2n) is 15.2. The first-order valence-corrected chi connectivity index (χ1v) is 17.5. The summed E-state index contributed by atoms with van der Waals surface area (Å²) in [5.74, 6) is 4.43. The number of hydrogen-bond donors (Lipinski definition) is 2. The molecule has 0 radical (unpaired) electrons. The lowest BCUT2D eigenvalue weighted by Gasteiger charge is -2.34. The van der Waals surface area contributed by atoms with Gasteiger partial charge >= 0.3 is 6.01 Å². The molecule has 4 atom stereocenters. The number of halogens is 1. The second-order valence-corrected chi connectivity index (χ2v) is 15.2. The molecule has 3 aromatic carbocycles. The van der Waals surface area contributed by atoms with Crippen molar-refractivity contribution in [2.75, 3.05) is 57.4 Å². The maximum Gasteiger partial charge on any atom is 0.319 e. The summed E-state index contributed by atoms with van der Waals surface area (Å²) < 4.78 is 29.4. The number of likely N-dealkylation sites (tertiary alicyclic amines) is 1. The molecule has 5 aliphatic rings. The summed E-state index contributed by atoms with van der Waals surface area (Å²) in [6.07, 6.45) is 10.5. The van der Waals surface area contributed by atoms with Gasteiger partial charge in [-0.15, -0.1) is 6.42 Å². The van der Waals surface area contributed by atoms with E-state index in [0.717, 1.165) is 99.3 Å². The highest BCUT2D eigenvalue weighted by atomic mass is 19.1. The summed E-state index contributed by atoms with van der Waals surface area (Å²) in [7, 11) is 0. The average molecular weight is 648 g/mol. The molecule has 5 fully saturated rings. The van der Waals surface area contributed by atoms with Crippen molar-refractivity contribution >= 4 is 27.5 Å². The summed E-state index contributed by atoms with van der Waals surface area (Å²) in [4.78, 5) is 14.7. The first kappa shape index (κ1) is 30.1. The van der Waals surface area contributed by atoms with Crippen molar-refractivity contribution in [3.63, 3.8) is 0 Å². The van der Waals surface area contributed by atoms with Gasteiger partial charge in [0.25, 0.3) is 0 Å². The van der Waals surface area contributed by atoms with Crippen LogP contribution >= 0.6 is 0 Å². The van der Waals surface area contributed by atoms with Crippen molar-refractivity contribution in [2.24, 2.45) is 17.3 Å². The molecular formula is C39H42FN5O3. The molecule has 8 nitrogen and oxygen atoms in total. The Hall–Kier alpha value is -3.97. The Bertz CT molecular complexity index is 1980. The quantitative estimate of drug-likeness (QED) is 0.252. The predicted octanol–water partition coefficient (Wildman–Crippen LogP) is 5.57. The minimum atomic E-state index is -0.458. The number of terminal acetylenes is 1. The van der Waals surface area contributed by atoms with Crippen molar-refractivity contribution in [1.29, 1.82) is 0 Å². The molecular weight excluding hydrogens is 605 g/mol. The molecule has 0 spiro atoms. The molecule has 0 amide bonds. The van der Waals surface area contributed by atoms with Crippen LogP contribution in [0.4, 0.5) is 10.2 Å². The van der Waals surface area contributed by atoms with Crippen LogP contribution in [0.2, 0.25) is 0 Å². The van der Waals surface area contributed by atoms with Crippen molar-refractivity contribution in [3.8, 4) is 35.2 Å². The number of nitrogens with one attached hydrogen (secondary N) is 1. The molecule has 9 rings (SSSR count). The van der Waals surface area contributed by atoms with E-state index < -0.39 is 5.82 Å². The van der Waals surface area contributed by atoms with Gasteiger partial charge in [-0.2, -0.15) is 9.97 Å². The molecule has 9 heteroatoms. The smallest absolute Gasteiger partial charge is 0.319 e. The number of piperazine rings is 1. The Morgan fingerprint density at radius 2 is 1.79 bits per heavy atom. The minimum Gasteiger partial charge on any atom is -0.508 e. The summed E-state index contributed by atoms with van der Waals surface area (Å²) in [5, 5.41) is 16.7. The van der Waals surface area contributed by atoms with Crippen molar-refractivity contribution in [2.45, 2.75) is 51.6 Å². The molecule has 4 unspecified atom stereocenters. The number of aromatic hydroxyl groups is 1. The highest BCUT2D eigenvalue weighted by Crippen LogP contribution is 2.48. The van der Waals surface area contributed by atoms with Crippen LogP contribution in [0.3, 0.4) is 0 Å². The Morgan fingerprint density at radius 1 is 1.04 bits per heavy atom. The zero-order chi connectivity index (χ0) is 32.7. The molecule has 4 aromatic rings. The molecule has 248 valence electrons. The third-order valence-corrected chi connectivity index (χ3v) is 11.7. The molecule has 4 saturated heterocycles. The lowest BCUT2D eigenvalue weighted by molar-refractivity contribution is 0.131. The maximum absolute atomic E-state index is 17.2. The average Bonchev–Trinajstić information content (AvgIpc) is 3.31. The van der Waals surface area contributed by atoms with Crippen LogP contribution in [0.5, 0.6) is 11.8 Å². The van der Waals surface area contributed by atoms with Crippen LogP contribution in [0.15, 0.2) is 30.3 Å². The van der Waals surface area contributed by atoms with Crippen molar-refractivity contribution in [3.05, 3.63) is 52.8 Å². The highest BCUT2D eigenvalue weighted by Gasteiger charge is 2.48. The number of benzene rings is 3. The number of nitrogens with zero attached hydrogens (tertiary/aromatic N) is 4. The molecule has 5 heterocycles. The summed E-state index contributed by atoms with van der Waals surface area (Å²) in [6.45, 7) is 10.9. The topological polar surface area (TPSA) is 83.0 Å². The third kappa shape index (κ3) is 5.08. The van der Waals surface area contributed by atoms with Gasteiger partial charge in [0.15, 0.2) is 5.82 Å². The number of ether oxygens (including phenoxy) is 2. The predicted molar refractivity (Wildman–Crippen MR) is 185 cm³/mol. The standard InChI is InChI=1S/C39H42FN5O3/c1-4-30-22(2)5-6-24-12-29(46)13-31(34(24)30)33-23(3)11-32-36(35(33)40)42-38(43-37(32)45-16-27-7-8-28(17-45)41-27)48-21-39(9-10-39)20-44-14-25-18-47-19-26(25)15-44/h1,5-6,11-13,25-28,41,46H,7-10,14-21H2,2-3H3. The van der Waals surface area contributed by atoms with Gasteiger partial charge in [-0.1, -0.05) is 18.1 Å².